The van der Waals surface area contributed by atoms with E-state index in [1.54, 1.807) is 54.6 Å². The van der Waals surface area contributed by atoms with Gasteiger partial charge in [0.1, 0.15) is 5.75 Å². The summed E-state index contributed by atoms with van der Waals surface area (Å²) in [7, 11) is 4.51. The summed E-state index contributed by atoms with van der Waals surface area (Å²) < 4.78 is 27.7. The van der Waals surface area contributed by atoms with Gasteiger partial charge in [-0.1, -0.05) is 17.7 Å². The van der Waals surface area contributed by atoms with Crippen LogP contribution in [0, 0.1) is 0 Å². The Morgan fingerprint density at radius 2 is 1.68 bits per heavy atom. The van der Waals surface area contributed by atoms with Gasteiger partial charge in [-0.15, -0.1) is 0 Å². The number of hydrogen-bond donors (Lipinski definition) is 1. The van der Waals surface area contributed by atoms with Crippen LogP contribution in [0.25, 0.3) is 11.0 Å². The van der Waals surface area contributed by atoms with Gasteiger partial charge < -0.3 is 28.5 Å². The number of aliphatic hydroxyl groups excluding tert-OH is 1. The van der Waals surface area contributed by atoms with Crippen LogP contribution in [0.15, 0.2) is 76.4 Å². The number of carbonyl (C=O) groups excluding carboxylic acids is 2. The summed E-state index contributed by atoms with van der Waals surface area (Å²) in [6, 6.07) is 15.5. The Kier molecular flexibility index (Phi) is 7.32. The molecular weight excluding hydrogens is 538 g/mol. The van der Waals surface area contributed by atoms with Crippen molar-refractivity contribution in [3.63, 3.8) is 0 Å². The number of methoxy groups -OCH3 is 3. The smallest absolute Gasteiger partial charge is 0.294 e. The second-order valence-electron chi connectivity index (χ2n) is 8.85. The summed E-state index contributed by atoms with van der Waals surface area (Å²) in [4.78, 5) is 28.9. The maximum Gasteiger partial charge on any atom is 0.294 e. The minimum absolute atomic E-state index is 0.0926. The molecule has 0 saturated heterocycles. The molecule has 1 amide bonds. The summed E-state index contributed by atoms with van der Waals surface area (Å²) in [6.45, 7) is 2.19. The van der Waals surface area contributed by atoms with Gasteiger partial charge >= 0.3 is 0 Å². The van der Waals surface area contributed by atoms with Crippen LogP contribution in [0.3, 0.4) is 0 Å². The van der Waals surface area contributed by atoms with E-state index in [4.69, 9.17) is 35.0 Å². The third kappa shape index (κ3) is 4.58. The lowest BCUT2D eigenvalue weighted by atomic mass is 9.94. The molecule has 0 radical (unpaired) electrons. The van der Waals surface area contributed by atoms with Gasteiger partial charge in [0.2, 0.25) is 5.78 Å². The lowest BCUT2D eigenvalue weighted by molar-refractivity contribution is -0.117. The van der Waals surface area contributed by atoms with Gasteiger partial charge in [0.15, 0.2) is 34.4 Å². The minimum atomic E-state index is -1.02. The second kappa shape index (κ2) is 10.9. The highest BCUT2D eigenvalue weighted by Crippen LogP contribution is 2.45. The number of furan rings is 1. The van der Waals surface area contributed by atoms with Gasteiger partial charge in [-0.2, -0.15) is 0 Å². The molecule has 5 rings (SSSR count). The van der Waals surface area contributed by atoms with Crippen LogP contribution < -0.4 is 23.8 Å². The maximum absolute atomic E-state index is 14.0. The number of ketones is 1. The summed E-state index contributed by atoms with van der Waals surface area (Å²) in [5.74, 6) is -0.373. The van der Waals surface area contributed by atoms with Crippen molar-refractivity contribution in [2.75, 3.05) is 32.8 Å². The van der Waals surface area contributed by atoms with E-state index >= 15 is 0 Å². The Bertz CT molecular complexity index is 1640. The Labute approximate surface area is 235 Å². The van der Waals surface area contributed by atoms with Gasteiger partial charge in [-0.25, -0.2) is 0 Å². The molecule has 40 heavy (non-hydrogen) atoms. The number of Topliss-reactive ketones (excluding diaryl/α,β-unsaturated/α-hetero) is 1. The zero-order valence-corrected chi connectivity index (χ0v) is 22.9. The molecule has 9 nitrogen and oxygen atoms in total. The molecule has 0 aliphatic carbocycles. The standard InChI is InChI=1S/C30H26ClNO8/c1-5-39-22-13-16(6-11-21(22)37-3)26-25(28(34)30(35)32(26)19-7-9-20(36-2)10-8-19)27(33)23-14-17-12-18(31)15-24(38-4)29(17)40-23/h6-15,26,34H,5H2,1-4H3. The molecule has 206 valence electrons. The number of fused-ring (bicyclic) bond motifs is 1. The summed E-state index contributed by atoms with van der Waals surface area (Å²) >= 11 is 6.20. The van der Waals surface area contributed by atoms with E-state index in [1.807, 2.05) is 6.92 Å². The number of nitrogens with zero attached hydrogens (tertiary/aromatic N) is 1. The number of ether oxygens (including phenoxy) is 4. The highest BCUT2D eigenvalue weighted by Gasteiger charge is 2.45. The third-order valence-electron chi connectivity index (χ3n) is 6.60. The van der Waals surface area contributed by atoms with Crippen LogP contribution in [-0.2, 0) is 4.79 Å². The Morgan fingerprint density at radius 3 is 2.33 bits per heavy atom. The molecule has 1 N–H and O–H groups in total. The average molecular weight is 564 g/mol. The second-order valence-corrected chi connectivity index (χ2v) is 9.28. The van der Waals surface area contributed by atoms with Crippen molar-refractivity contribution in [1.82, 2.24) is 0 Å². The molecule has 3 aromatic carbocycles. The maximum atomic E-state index is 14.0. The van der Waals surface area contributed by atoms with Crippen molar-refractivity contribution in [3.05, 3.63) is 88.3 Å². The molecule has 4 aromatic rings. The average Bonchev–Trinajstić information content (AvgIpc) is 3.51. The number of hydrogen-bond acceptors (Lipinski definition) is 8. The zero-order chi connectivity index (χ0) is 28.6. The van der Waals surface area contributed by atoms with Crippen molar-refractivity contribution in [2.24, 2.45) is 0 Å². The van der Waals surface area contributed by atoms with Gasteiger partial charge in [0.25, 0.3) is 5.91 Å². The molecule has 10 heteroatoms. The summed E-state index contributed by atoms with van der Waals surface area (Å²) in [5, 5.41) is 12.1. The highest BCUT2D eigenvalue weighted by atomic mass is 35.5. The lowest BCUT2D eigenvalue weighted by Crippen LogP contribution is -2.31. The van der Waals surface area contributed by atoms with Crippen LogP contribution in [0.1, 0.15) is 29.1 Å². The molecule has 0 bridgehead atoms. The quantitative estimate of drug-likeness (QED) is 0.237. The molecule has 1 unspecified atom stereocenters. The number of aliphatic hydroxyl groups is 1. The van der Waals surface area contributed by atoms with Crippen molar-refractivity contribution < 1.29 is 38.1 Å². The largest absolute Gasteiger partial charge is 0.503 e. The van der Waals surface area contributed by atoms with Crippen molar-refractivity contribution in [1.29, 1.82) is 0 Å². The SMILES string of the molecule is CCOc1cc(C2C(C(=O)c3cc4cc(Cl)cc(OC)c4o3)=C(O)C(=O)N2c2ccc(OC)cc2)ccc1OC. The predicted molar refractivity (Wildman–Crippen MR) is 149 cm³/mol. The molecule has 1 atom stereocenters. The van der Waals surface area contributed by atoms with E-state index in [2.05, 4.69) is 0 Å². The molecule has 0 fully saturated rings. The van der Waals surface area contributed by atoms with E-state index in [0.29, 0.717) is 56.8 Å². The molecular formula is C30H26ClNO8. The van der Waals surface area contributed by atoms with E-state index < -0.39 is 23.5 Å². The van der Waals surface area contributed by atoms with Crippen LogP contribution in [-0.4, -0.2) is 44.7 Å². The Morgan fingerprint density at radius 1 is 0.950 bits per heavy atom. The van der Waals surface area contributed by atoms with Crippen LogP contribution in [0.4, 0.5) is 5.69 Å². The first kappa shape index (κ1) is 27.0. The first-order valence-corrected chi connectivity index (χ1v) is 12.7. The molecule has 1 aromatic heterocycles. The number of halogens is 1. The molecule has 1 aliphatic heterocycles. The minimum Gasteiger partial charge on any atom is -0.503 e. The fraction of sp³-hybridized carbons (Fsp3) is 0.200. The molecule has 2 heterocycles. The van der Waals surface area contributed by atoms with E-state index in [1.165, 1.54) is 32.3 Å². The fourth-order valence-corrected chi connectivity index (χ4v) is 4.99. The first-order chi connectivity index (χ1) is 19.3. The Balaban J connectivity index is 1.68. The fourth-order valence-electron chi connectivity index (χ4n) is 4.78. The number of rotatable bonds is 9. The van der Waals surface area contributed by atoms with Crippen molar-refractivity contribution in [3.8, 4) is 23.0 Å². The van der Waals surface area contributed by atoms with Crippen LogP contribution in [0.2, 0.25) is 5.02 Å². The first-order valence-electron chi connectivity index (χ1n) is 12.3. The molecule has 1 aliphatic rings. The van der Waals surface area contributed by atoms with Crippen LogP contribution in [0.5, 0.6) is 23.0 Å². The van der Waals surface area contributed by atoms with Crippen molar-refractivity contribution >= 4 is 39.9 Å². The normalized spacial score (nSPS) is 15.1. The van der Waals surface area contributed by atoms with Crippen molar-refractivity contribution in [2.45, 2.75) is 13.0 Å². The highest BCUT2D eigenvalue weighted by molar-refractivity contribution is 6.31. The number of amides is 1. The molecule has 0 saturated carbocycles. The predicted octanol–water partition coefficient (Wildman–Crippen LogP) is 6.29. The number of benzene rings is 3. The number of anilines is 1. The third-order valence-corrected chi connectivity index (χ3v) is 6.82. The topological polar surface area (TPSA) is 108 Å². The molecule has 0 spiro atoms. The monoisotopic (exact) mass is 563 g/mol. The van der Waals surface area contributed by atoms with Gasteiger partial charge in [0, 0.05) is 22.2 Å². The van der Waals surface area contributed by atoms with Crippen LogP contribution >= 0.6 is 11.6 Å². The summed E-state index contributed by atoms with van der Waals surface area (Å²) in [5.41, 5.74) is 1.11. The van der Waals surface area contributed by atoms with Gasteiger partial charge in [-0.3, -0.25) is 14.5 Å². The Hall–Kier alpha value is -4.63. The van der Waals surface area contributed by atoms with Gasteiger partial charge in [-0.05, 0) is 61.0 Å². The zero-order valence-electron chi connectivity index (χ0n) is 22.2. The summed E-state index contributed by atoms with van der Waals surface area (Å²) in [6.07, 6.45) is 0. The van der Waals surface area contributed by atoms with E-state index in [9.17, 15) is 14.7 Å². The van der Waals surface area contributed by atoms with E-state index in [0.717, 1.165) is 0 Å². The lowest BCUT2D eigenvalue weighted by Gasteiger charge is -2.27. The van der Waals surface area contributed by atoms with E-state index in [-0.39, 0.29) is 11.3 Å². The van der Waals surface area contributed by atoms with Gasteiger partial charge in [0.05, 0.1) is 39.6 Å². The number of carbonyl (C=O) groups is 2.